The van der Waals surface area contributed by atoms with Crippen LogP contribution in [0.1, 0.15) is 39.0 Å². The van der Waals surface area contributed by atoms with Gasteiger partial charge in [-0.3, -0.25) is 4.79 Å². The summed E-state index contributed by atoms with van der Waals surface area (Å²) in [5, 5.41) is 6.32. The van der Waals surface area contributed by atoms with Gasteiger partial charge in [-0.05, 0) is 26.2 Å². The molecule has 98 valence electrons. The van der Waals surface area contributed by atoms with Crippen molar-refractivity contribution in [2.75, 3.05) is 19.7 Å². The first kappa shape index (κ1) is 12.8. The minimum Gasteiger partial charge on any atom is -0.378 e. The van der Waals surface area contributed by atoms with Crippen molar-refractivity contribution in [2.24, 2.45) is 5.92 Å². The second kappa shape index (κ2) is 6.36. The third-order valence-electron chi connectivity index (χ3n) is 4.00. The van der Waals surface area contributed by atoms with Crippen LogP contribution in [0.25, 0.3) is 0 Å². The van der Waals surface area contributed by atoms with Crippen molar-refractivity contribution < 1.29 is 9.53 Å². The molecule has 4 nitrogen and oxygen atoms in total. The molecule has 1 amide bonds. The van der Waals surface area contributed by atoms with Gasteiger partial charge < -0.3 is 15.4 Å². The van der Waals surface area contributed by atoms with Crippen LogP contribution in [0, 0.1) is 5.92 Å². The summed E-state index contributed by atoms with van der Waals surface area (Å²) in [5.41, 5.74) is 0. The number of carbonyl (C=O) groups is 1. The minimum atomic E-state index is 0.121. The zero-order valence-electron chi connectivity index (χ0n) is 10.7. The van der Waals surface area contributed by atoms with Gasteiger partial charge in [-0.1, -0.05) is 12.8 Å². The van der Waals surface area contributed by atoms with Gasteiger partial charge in [-0.2, -0.15) is 0 Å². The maximum Gasteiger partial charge on any atom is 0.233 e. The molecule has 2 fully saturated rings. The molecule has 0 bridgehead atoms. The molecule has 2 N–H and O–H groups in total. The number of nitrogens with one attached hydrogen (secondary N) is 2. The van der Waals surface area contributed by atoms with E-state index in [0.717, 1.165) is 19.6 Å². The lowest BCUT2D eigenvalue weighted by atomic mass is 10.0. The number of carbonyl (C=O) groups excluding carboxylic acids is 1. The van der Waals surface area contributed by atoms with Crippen LogP contribution >= 0.6 is 0 Å². The molecule has 0 spiro atoms. The van der Waals surface area contributed by atoms with Crippen molar-refractivity contribution in [2.45, 2.75) is 51.2 Å². The van der Waals surface area contributed by atoms with E-state index in [4.69, 9.17) is 4.74 Å². The quantitative estimate of drug-likeness (QED) is 0.755. The molecule has 1 aliphatic carbocycles. The third kappa shape index (κ3) is 3.96. The van der Waals surface area contributed by atoms with E-state index < -0.39 is 0 Å². The predicted octanol–water partition coefficient (Wildman–Crippen LogP) is 1.06. The van der Waals surface area contributed by atoms with E-state index in [1.165, 1.54) is 25.7 Å². The van der Waals surface area contributed by atoms with E-state index in [0.29, 0.717) is 18.5 Å². The number of ether oxygens (including phenoxy) is 1. The highest BCUT2D eigenvalue weighted by molar-refractivity contribution is 5.78. The van der Waals surface area contributed by atoms with Crippen molar-refractivity contribution in [3.8, 4) is 0 Å². The van der Waals surface area contributed by atoms with Crippen molar-refractivity contribution in [1.29, 1.82) is 0 Å². The van der Waals surface area contributed by atoms with Crippen LogP contribution in [0.5, 0.6) is 0 Å². The summed E-state index contributed by atoms with van der Waals surface area (Å²) in [6.07, 6.45) is 6.41. The van der Waals surface area contributed by atoms with E-state index in [-0.39, 0.29) is 12.0 Å². The third-order valence-corrected chi connectivity index (χ3v) is 4.00. The molecule has 2 rings (SSSR count). The van der Waals surface area contributed by atoms with Gasteiger partial charge in [0.25, 0.3) is 0 Å². The Balaban J connectivity index is 1.57. The molecule has 0 aromatic heterocycles. The maximum absolute atomic E-state index is 11.6. The summed E-state index contributed by atoms with van der Waals surface area (Å²) < 4.78 is 5.47. The SMILES string of the molecule is CC1OCCC1CNC(=O)CNC1CCCC1. The summed E-state index contributed by atoms with van der Waals surface area (Å²) in [7, 11) is 0. The van der Waals surface area contributed by atoms with E-state index >= 15 is 0 Å². The zero-order chi connectivity index (χ0) is 12.1. The maximum atomic E-state index is 11.6. The molecule has 1 aliphatic heterocycles. The summed E-state index contributed by atoms with van der Waals surface area (Å²) in [6, 6.07) is 0.564. The largest absolute Gasteiger partial charge is 0.378 e. The van der Waals surface area contributed by atoms with Crippen LogP contribution < -0.4 is 10.6 Å². The Kier molecular flexibility index (Phi) is 4.80. The molecular formula is C13H24N2O2. The Bertz CT molecular complexity index is 252. The van der Waals surface area contributed by atoms with Crippen LogP contribution in [0.3, 0.4) is 0 Å². The van der Waals surface area contributed by atoms with Crippen LogP contribution in [0.2, 0.25) is 0 Å². The van der Waals surface area contributed by atoms with Gasteiger partial charge in [-0.25, -0.2) is 0 Å². The lowest BCUT2D eigenvalue weighted by Gasteiger charge is -2.16. The lowest BCUT2D eigenvalue weighted by molar-refractivity contribution is -0.120. The van der Waals surface area contributed by atoms with Crippen LogP contribution in [-0.4, -0.2) is 37.7 Å². The van der Waals surface area contributed by atoms with Gasteiger partial charge in [0.2, 0.25) is 5.91 Å². The fraction of sp³-hybridized carbons (Fsp3) is 0.923. The van der Waals surface area contributed by atoms with Crippen molar-refractivity contribution in [1.82, 2.24) is 10.6 Å². The molecular weight excluding hydrogens is 216 g/mol. The smallest absolute Gasteiger partial charge is 0.233 e. The Hall–Kier alpha value is -0.610. The molecule has 0 radical (unpaired) electrons. The average molecular weight is 240 g/mol. The summed E-state index contributed by atoms with van der Waals surface area (Å²) in [6.45, 7) is 4.14. The predicted molar refractivity (Wildman–Crippen MR) is 66.8 cm³/mol. The molecule has 1 heterocycles. The summed E-state index contributed by atoms with van der Waals surface area (Å²) in [5.74, 6) is 0.612. The molecule has 0 aromatic carbocycles. The molecule has 2 unspecified atom stereocenters. The first-order valence-corrected chi connectivity index (χ1v) is 6.87. The van der Waals surface area contributed by atoms with Gasteiger partial charge in [0, 0.05) is 25.1 Å². The number of hydrogen-bond donors (Lipinski definition) is 2. The van der Waals surface area contributed by atoms with Gasteiger partial charge in [0.15, 0.2) is 0 Å². The summed E-state index contributed by atoms with van der Waals surface area (Å²) in [4.78, 5) is 11.6. The Morgan fingerprint density at radius 1 is 1.29 bits per heavy atom. The number of amides is 1. The Labute approximate surface area is 103 Å². The van der Waals surface area contributed by atoms with E-state index in [2.05, 4.69) is 17.6 Å². The molecule has 1 saturated carbocycles. The van der Waals surface area contributed by atoms with Crippen LogP contribution in [0.4, 0.5) is 0 Å². The van der Waals surface area contributed by atoms with Gasteiger partial charge in [0.05, 0.1) is 12.6 Å². The molecule has 0 aromatic rings. The van der Waals surface area contributed by atoms with Crippen LogP contribution in [0.15, 0.2) is 0 Å². The molecule has 17 heavy (non-hydrogen) atoms. The Morgan fingerprint density at radius 2 is 2.06 bits per heavy atom. The van der Waals surface area contributed by atoms with E-state index in [1.54, 1.807) is 0 Å². The average Bonchev–Trinajstić information content (AvgIpc) is 2.95. The number of rotatable bonds is 5. The minimum absolute atomic E-state index is 0.121. The highest BCUT2D eigenvalue weighted by Crippen LogP contribution is 2.19. The van der Waals surface area contributed by atoms with E-state index in [9.17, 15) is 4.79 Å². The van der Waals surface area contributed by atoms with Gasteiger partial charge in [0.1, 0.15) is 0 Å². The second-order valence-corrected chi connectivity index (χ2v) is 5.29. The van der Waals surface area contributed by atoms with Gasteiger partial charge in [-0.15, -0.1) is 0 Å². The lowest BCUT2D eigenvalue weighted by Crippen LogP contribution is -2.40. The molecule has 2 atom stereocenters. The highest BCUT2D eigenvalue weighted by atomic mass is 16.5. The Morgan fingerprint density at radius 3 is 2.71 bits per heavy atom. The van der Waals surface area contributed by atoms with Crippen molar-refractivity contribution in [3.05, 3.63) is 0 Å². The monoisotopic (exact) mass is 240 g/mol. The summed E-state index contributed by atoms with van der Waals surface area (Å²) >= 11 is 0. The molecule has 4 heteroatoms. The van der Waals surface area contributed by atoms with Crippen molar-refractivity contribution in [3.63, 3.8) is 0 Å². The van der Waals surface area contributed by atoms with E-state index in [1.807, 2.05) is 0 Å². The normalized spacial score (nSPS) is 29.7. The fourth-order valence-electron chi connectivity index (χ4n) is 2.72. The van der Waals surface area contributed by atoms with Gasteiger partial charge >= 0.3 is 0 Å². The fourth-order valence-corrected chi connectivity index (χ4v) is 2.72. The topological polar surface area (TPSA) is 50.4 Å². The molecule has 1 saturated heterocycles. The highest BCUT2D eigenvalue weighted by Gasteiger charge is 2.24. The first-order valence-electron chi connectivity index (χ1n) is 6.87. The standard InChI is InChI=1S/C13H24N2O2/c1-10-11(6-7-17-10)8-15-13(16)9-14-12-4-2-3-5-12/h10-12,14H,2-9H2,1H3,(H,15,16). The van der Waals surface area contributed by atoms with Crippen molar-refractivity contribution >= 4 is 5.91 Å². The second-order valence-electron chi connectivity index (χ2n) is 5.29. The van der Waals surface area contributed by atoms with Crippen LogP contribution in [-0.2, 0) is 9.53 Å². The first-order chi connectivity index (χ1) is 8.25. The molecule has 2 aliphatic rings. The zero-order valence-corrected chi connectivity index (χ0v) is 10.7. The number of hydrogen-bond acceptors (Lipinski definition) is 3.